The van der Waals surface area contributed by atoms with Crippen molar-refractivity contribution in [3.05, 3.63) is 23.8 Å². The highest BCUT2D eigenvalue weighted by Gasteiger charge is 2.04. The van der Waals surface area contributed by atoms with Gasteiger partial charge in [0.2, 0.25) is 0 Å². The minimum absolute atomic E-state index is 0. The summed E-state index contributed by atoms with van der Waals surface area (Å²) in [6, 6.07) is 5.89. The summed E-state index contributed by atoms with van der Waals surface area (Å²) < 4.78 is 15.9. The number of benzene rings is 1. The number of aliphatic hydroxyl groups is 1. The molecule has 5 nitrogen and oxygen atoms in total. The molecule has 0 amide bonds. The molecule has 1 rings (SSSR count). The number of hydrogen-bond donors (Lipinski definition) is 2. The Hall–Kier alpha value is -1.01. The van der Waals surface area contributed by atoms with Gasteiger partial charge < -0.3 is 24.6 Å². The maximum atomic E-state index is 8.56. The van der Waals surface area contributed by atoms with Crippen molar-refractivity contribution in [2.45, 2.75) is 13.5 Å². The second-order valence-electron chi connectivity index (χ2n) is 3.93. The van der Waals surface area contributed by atoms with Crippen LogP contribution in [0.15, 0.2) is 18.2 Å². The van der Waals surface area contributed by atoms with Crippen molar-refractivity contribution < 1.29 is 19.3 Å². The Labute approximate surface area is 126 Å². The fourth-order valence-electron chi connectivity index (χ4n) is 1.64. The average Bonchev–Trinajstić information content (AvgIpc) is 2.43. The maximum Gasteiger partial charge on any atom is 0.161 e. The van der Waals surface area contributed by atoms with E-state index in [2.05, 4.69) is 5.32 Å². The first-order valence-electron chi connectivity index (χ1n) is 6.50. The van der Waals surface area contributed by atoms with Crippen molar-refractivity contribution in [2.75, 3.05) is 40.1 Å². The Balaban J connectivity index is 0.00000361. The zero-order valence-electron chi connectivity index (χ0n) is 12.1. The van der Waals surface area contributed by atoms with E-state index in [0.717, 1.165) is 30.2 Å². The lowest BCUT2D eigenvalue weighted by Gasteiger charge is -2.11. The van der Waals surface area contributed by atoms with Crippen LogP contribution in [-0.4, -0.2) is 45.2 Å². The van der Waals surface area contributed by atoms with Gasteiger partial charge in [-0.15, -0.1) is 12.4 Å². The molecule has 0 atom stereocenters. The molecule has 0 spiro atoms. The quantitative estimate of drug-likeness (QED) is 0.643. The van der Waals surface area contributed by atoms with Gasteiger partial charge in [0.25, 0.3) is 0 Å². The predicted molar refractivity (Wildman–Crippen MR) is 81.0 cm³/mol. The van der Waals surface area contributed by atoms with E-state index in [1.54, 1.807) is 7.11 Å². The number of halogens is 1. The van der Waals surface area contributed by atoms with Crippen molar-refractivity contribution in [1.29, 1.82) is 0 Å². The molecule has 0 aliphatic rings. The molecule has 6 heteroatoms. The zero-order chi connectivity index (χ0) is 13.9. The van der Waals surface area contributed by atoms with Crippen LogP contribution in [0.2, 0.25) is 0 Å². The number of nitrogens with one attached hydrogen (secondary N) is 1. The zero-order valence-corrected chi connectivity index (χ0v) is 12.9. The van der Waals surface area contributed by atoms with Gasteiger partial charge in [-0.3, -0.25) is 0 Å². The molecule has 0 fully saturated rings. The SMILES string of the molecule is CCOc1cc(CNCCOCCO)ccc1OC.Cl. The molecule has 1 aromatic rings. The van der Waals surface area contributed by atoms with E-state index >= 15 is 0 Å². The molecule has 20 heavy (non-hydrogen) atoms. The van der Waals surface area contributed by atoms with Crippen molar-refractivity contribution in [2.24, 2.45) is 0 Å². The topological polar surface area (TPSA) is 60.0 Å². The molecule has 2 N–H and O–H groups in total. The van der Waals surface area contributed by atoms with Crippen LogP contribution in [0, 0.1) is 0 Å². The van der Waals surface area contributed by atoms with Crippen molar-refractivity contribution >= 4 is 12.4 Å². The third kappa shape index (κ3) is 6.96. The molecule has 0 bridgehead atoms. The van der Waals surface area contributed by atoms with E-state index in [9.17, 15) is 0 Å². The lowest BCUT2D eigenvalue weighted by Crippen LogP contribution is -2.20. The monoisotopic (exact) mass is 305 g/mol. The second-order valence-corrected chi connectivity index (χ2v) is 3.93. The van der Waals surface area contributed by atoms with Crippen LogP contribution in [0.1, 0.15) is 12.5 Å². The van der Waals surface area contributed by atoms with Crippen LogP contribution >= 0.6 is 12.4 Å². The van der Waals surface area contributed by atoms with Gasteiger partial charge >= 0.3 is 0 Å². The summed E-state index contributed by atoms with van der Waals surface area (Å²) >= 11 is 0. The summed E-state index contributed by atoms with van der Waals surface area (Å²) in [5.41, 5.74) is 1.13. The number of methoxy groups -OCH3 is 1. The van der Waals surface area contributed by atoms with Crippen LogP contribution in [0.5, 0.6) is 11.5 Å². The first-order valence-corrected chi connectivity index (χ1v) is 6.50. The van der Waals surface area contributed by atoms with Crippen molar-refractivity contribution in [3.63, 3.8) is 0 Å². The van der Waals surface area contributed by atoms with Crippen molar-refractivity contribution in [1.82, 2.24) is 5.32 Å². The van der Waals surface area contributed by atoms with Gasteiger partial charge in [0.15, 0.2) is 11.5 Å². The molecular weight excluding hydrogens is 282 g/mol. The highest BCUT2D eigenvalue weighted by molar-refractivity contribution is 5.85. The van der Waals surface area contributed by atoms with Gasteiger partial charge in [0, 0.05) is 13.1 Å². The summed E-state index contributed by atoms with van der Waals surface area (Å²) in [7, 11) is 1.63. The normalized spacial score (nSPS) is 9.95. The first kappa shape index (κ1) is 19.0. The molecule has 116 valence electrons. The Morgan fingerprint density at radius 3 is 2.65 bits per heavy atom. The van der Waals surface area contributed by atoms with Gasteiger partial charge in [-0.05, 0) is 24.6 Å². The fourth-order valence-corrected chi connectivity index (χ4v) is 1.64. The van der Waals surface area contributed by atoms with E-state index in [0.29, 0.717) is 19.8 Å². The number of aliphatic hydroxyl groups excluding tert-OH is 1. The Bertz CT molecular complexity index is 363. The third-order valence-corrected chi connectivity index (χ3v) is 2.52. The second kappa shape index (κ2) is 11.8. The number of ether oxygens (including phenoxy) is 3. The minimum Gasteiger partial charge on any atom is -0.493 e. The Morgan fingerprint density at radius 2 is 2.00 bits per heavy atom. The summed E-state index contributed by atoms with van der Waals surface area (Å²) in [5, 5.41) is 11.8. The molecule has 1 aromatic carbocycles. The highest BCUT2D eigenvalue weighted by atomic mass is 35.5. The molecule has 0 aromatic heterocycles. The van der Waals surface area contributed by atoms with Crippen molar-refractivity contribution in [3.8, 4) is 11.5 Å². The molecular formula is C14H24ClNO4. The van der Waals surface area contributed by atoms with Crippen LogP contribution < -0.4 is 14.8 Å². The highest BCUT2D eigenvalue weighted by Crippen LogP contribution is 2.27. The third-order valence-electron chi connectivity index (χ3n) is 2.52. The van der Waals surface area contributed by atoms with Gasteiger partial charge in [-0.1, -0.05) is 6.07 Å². The largest absolute Gasteiger partial charge is 0.493 e. The van der Waals surface area contributed by atoms with E-state index in [1.165, 1.54) is 0 Å². The van der Waals surface area contributed by atoms with Gasteiger partial charge in [-0.2, -0.15) is 0 Å². The lowest BCUT2D eigenvalue weighted by molar-refractivity contribution is 0.0938. The Morgan fingerprint density at radius 1 is 1.20 bits per heavy atom. The molecule has 0 unspecified atom stereocenters. The molecule has 0 heterocycles. The smallest absolute Gasteiger partial charge is 0.161 e. The van der Waals surface area contributed by atoms with Crippen LogP contribution in [-0.2, 0) is 11.3 Å². The van der Waals surface area contributed by atoms with Gasteiger partial charge in [0.1, 0.15) is 0 Å². The summed E-state index contributed by atoms with van der Waals surface area (Å²) in [6.45, 7) is 5.09. The number of rotatable bonds is 10. The predicted octanol–water partition coefficient (Wildman–Crippen LogP) is 1.61. The summed E-state index contributed by atoms with van der Waals surface area (Å²) in [6.07, 6.45) is 0. The fraction of sp³-hybridized carbons (Fsp3) is 0.571. The first-order chi connectivity index (χ1) is 9.31. The molecule has 0 saturated carbocycles. The standard InChI is InChI=1S/C14H23NO4.ClH/c1-3-19-14-10-12(4-5-13(14)17-2)11-15-6-8-18-9-7-16;/h4-5,10,15-16H,3,6-9,11H2,1-2H3;1H. The molecule has 0 aliphatic carbocycles. The van der Waals surface area contributed by atoms with Crippen LogP contribution in [0.3, 0.4) is 0 Å². The van der Waals surface area contributed by atoms with E-state index in [4.69, 9.17) is 19.3 Å². The average molecular weight is 306 g/mol. The molecule has 0 aliphatic heterocycles. The summed E-state index contributed by atoms with van der Waals surface area (Å²) in [4.78, 5) is 0. The maximum absolute atomic E-state index is 8.56. The number of hydrogen-bond acceptors (Lipinski definition) is 5. The summed E-state index contributed by atoms with van der Waals surface area (Å²) in [5.74, 6) is 1.51. The van der Waals surface area contributed by atoms with Gasteiger partial charge in [0.05, 0.1) is 33.5 Å². The van der Waals surface area contributed by atoms with E-state index in [-0.39, 0.29) is 19.0 Å². The van der Waals surface area contributed by atoms with E-state index in [1.807, 2.05) is 25.1 Å². The molecule has 0 saturated heterocycles. The van der Waals surface area contributed by atoms with Crippen LogP contribution in [0.25, 0.3) is 0 Å². The molecule has 0 radical (unpaired) electrons. The van der Waals surface area contributed by atoms with Gasteiger partial charge in [-0.25, -0.2) is 0 Å². The van der Waals surface area contributed by atoms with Crippen LogP contribution in [0.4, 0.5) is 0 Å². The Kier molecular flexibility index (Phi) is 11.2. The lowest BCUT2D eigenvalue weighted by atomic mass is 10.2. The minimum atomic E-state index is 0. The van der Waals surface area contributed by atoms with E-state index < -0.39 is 0 Å².